The number of aromatic nitrogens is 2. The first kappa shape index (κ1) is 14.4. The monoisotopic (exact) mass is 299 g/mol. The summed E-state index contributed by atoms with van der Waals surface area (Å²) >= 11 is 3.39. The van der Waals surface area contributed by atoms with Gasteiger partial charge < -0.3 is 5.32 Å². The van der Waals surface area contributed by atoms with Crippen molar-refractivity contribution in [2.24, 2.45) is 5.41 Å². The predicted molar refractivity (Wildman–Crippen MR) is 76.2 cm³/mol. The largest absolute Gasteiger partial charge is 0.365 e. The lowest BCUT2D eigenvalue weighted by atomic mass is 9.82. The molecule has 0 atom stereocenters. The molecule has 1 aromatic rings. The lowest BCUT2D eigenvalue weighted by Crippen LogP contribution is -2.35. The zero-order valence-corrected chi connectivity index (χ0v) is 13.1. The molecule has 0 aliphatic rings. The van der Waals surface area contributed by atoms with Crippen molar-refractivity contribution in [2.45, 2.75) is 53.5 Å². The Balaban J connectivity index is 2.82. The lowest BCUT2D eigenvalue weighted by molar-refractivity contribution is 0.302. The maximum atomic E-state index is 4.40. The van der Waals surface area contributed by atoms with Gasteiger partial charge in [-0.2, -0.15) is 0 Å². The zero-order chi connectivity index (χ0) is 13.3. The minimum Gasteiger partial charge on any atom is -0.365 e. The average molecular weight is 300 g/mol. The van der Waals surface area contributed by atoms with Crippen LogP contribution < -0.4 is 5.32 Å². The Kier molecular flexibility index (Phi) is 4.18. The molecule has 1 rings (SSSR count). The second-order valence-corrected chi connectivity index (χ2v) is 7.18. The predicted octanol–water partition coefficient (Wildman–Crippen LogP) is 4.17. The minimum atomic E-state index is 0.0124. The number of rotatable bonds is 3. The van der Waals surface area contributed by atoms with Crippen LogP contribution in [0.2, 0.25) is 0 Å². The Morgan fingerprint density at radius 1 is 1.18 bits per heavy atom. The van der Waals surface area contributed by atoms with E-state index in [4.69, 9.17) is 0 Å². The molecule has 0 saturated heterocycles. The molecule has 1 heterocycles. The Morgan fingerprint density at radius 3 is 2.24 bits per heavy atom. The van der Waals surface area contributed by atoms with Crippen molar-refractivity contribution in [2.75, 3.05) is 5.32 Å². The van der Waals surface area contributed by atoms with Gasteiger partial charge in [0.05, 0.1) is 0 Å². The van der Waals surface area contributed by atoms with Gasteiger partial charge in [0, 0.05) is 11.6 Å². The first-order valence-electron chi connectivity index (χ1n) is 5.87. The summed E-state index contributed by atoms with van der Waals surface area (Å²) in [7, 11) is 0. The van der Waals surface area contributed by atoms with Crippen LogP contribution in [0.25, 0.3) is 0 Å². The smallest absolute Gasteiger partial charge is 0.131 e. The maximum Gasteiger partial charge on any atom is 0.131 e. The number of hydrogen-bond acceptors (Lipinski definition) is 3. The topological polar surface area (TPSA) is 37.8 Å². The van der Waals surface area contributed by atoms with Crippen molar-refractivity contribution < 1.29 is 0 Å². The van der Waals surface area contributed by atoms with Gasteiger partial charge in [-0.05, 0) is 48.5 Å². The second-order valence-electron chi connectivity index (χ2n) is 6.37. The lowest BCUT2D eigenvalue weighted by Gasteiger charge is -2.33. The highest BCUT2D eigenvalue weighted by Crippen LogP contribution is 2.29. The number of nitrogens with one attached hydrogen (secondary N) is 1. The Morgan fingerprint density at radius 2 is 1.76 bits per heavy atom. The summed E-state index contributed by atoms with van der Waals surface area (Å²) in [5.74, 6) is 1.65. The van der Waals surface area contributed by atoms with Crippen LogP contribution in [0.3, 0.4) is 0 Å². The number of hydrogen-bond donors (Lipinski definition) is 1. The van der Waals surface area contributed by atoms with Crippen molar-refractivity contribution in [3.05, 3.63) is 16.5 Å². The third-order valence-corrected chi connectivity index (χ3v) is 2.65. The number of aryl methyl sites for hydroxylation is 1. The highest BCUT2D eigenvalue weighted by molar-refractivity contribution is 9.10. The van der Waals surface area contributed by atoms with E-state index < -0.39 is 0 Å². The van der Waals surface area contributed by atoms with Gasteiger partial charge in [-0.1, -0.05) is 20.8 Å². The van der Waals surface area contributed by atoms with Gasteiger partial charge in [-0.25, -0.2) is 9.97 Å². The SMILES string of the molecule is Cc1nc(Br)cc(NC(C)(C)CC(C)(C)C)n1. The highest BCUT2D eigenvalue weighted by atomic mass is 79.9. The fourth-order valence-corrected chi connectivity index (χ4v) is 2.79. The summed E-state index contributed by atoms with van der Waals surface area (Å²) in [6.45, 7) is 13.0. The Bertz CT molecular complexity index is 374. The molecule has 0 aliphatic heterocycles. The molecule has 1 N–H and O–H groups in total. The fraction of sp³-hybridized carbons (Fsp3) is 0.692. The molecule has 0 aromatic carbocycles. The molecule has 17 heavy (non-hydrogen) atoms. The van der Waals surface area contributed by atoms with Crippen LogP contribution in [0.15, 0.2) is 10.7 Å². The van der Waals surface area contributed by atoms with E-state index in [1.807, 2.05) is 13.0 Å². The number of nitrogens with zero attached hydrogens (tertiary/aromatic N) is 2. The van der Waals surface area contributed by atoms with Gasteiger partial charge in [0.1, 0.15) is 16.2 Å². The summed E-state index contributed by atoms with van der Waals surface area (Å²) in [4.78, 5) is 8.60. The van der Waals surface area contributed by atoms with Crippen molar-refractivity contribution in [1.82, 2.24) is 9.97 Å². The first-order chi connectivity index (χ1) is 7.57. The molecule has 0 spiro atoms. The van der Waals surface area contributed by atoms with Crippen molar-refractivity contribution in [1.29, 1.82) is 0 Å². The molecule has 3 nitrogen and oxygen atoms in total. The van der Waals surface area contributed by atoms with Crippen molar-refractivity contribution in [3.8, 4) is 0 Å². The van der Waals surface area contributed by atoms with E-state index >= 15 is 0 Å². The standard InChI is InChI=1S/C13H22BrN3/c1-9-15-10(14)7-11(16-9)17-13(5,6)8-12(2,3)4/h7H,8H2,1-6H3,(H,15,16,17). The summed E-state index contributed by atoms with van der Waals surface area (Å²) < 4.78 is 0.819. The van der Waals surface area contributed by atoms with Crippen LogP contribution in [-0.4, -0.2) is 15.5 Å². The van der Waals surface area contributed by atoms with Crippen LogP contribution in [0.4, 0.5) is 5.82 Å². The van der Waals surface area contributed by atoms with E-state index in [9.17, 15) is 0 Å². The molecule has 1 aromatic heterocycles. The van der Waals surface area contributed by atoms with E-state index in [2.05, 4.69) is 65.8 Å². The summed E-state index contributed by atoms with van der Waals surface area (Å²) in [5.41, 5.74) is 0.300. The number of halogens is 1. The van der Waals surface area contributed by atoms with Gasteiger partial charge in [-0.3, -0.25) is 0 Å². The fourth-order valence-electron chi connectivity index (χ4n) is 2.31. The van der Waals surface area contributed by atoms with Gasteiger partial charge >= 0.3 is 0 Å². The van der Waals surface area contributed by atoms with Gasteiger partial charge in [-0.15, -0.1) is 0 Å². The second kappa shape index (κ2) is 4.92. The molecule has 0 saturated carbocycles. The van der Waals surface area contributed by atoms with Gasteiger partial charge in [0.25, 0.3) is 0 Å². The molecule has 0 bridgehead atoms. The first-order valence-corrected chi connectivity index (χ1v) is 6.66. The van der Waals surface area contributed by atoms with Crippen molar-refractivity contribution >= 4 is 21.7 Å². The third kappa shape index (κ3) is 5.48. The Labute approximate surface area is 113 Å². The van der Waals surface area contributed by atoms with E-state index in [0.29, 0.717) is 0 Å². The van der Waals surface area contributed by atoms with Crippen LogP contribution in [0.1, 0.15) is 46.9 Å². The van der Waals surface area contributed by atoms with Crippen LogP contribution in [-0.2, 0) is 0 Å². The van der Waals surface area contributed by atoms with Crippen LogP contribution in [0, 0.1) is 12.3 Å². The minimum absolute atomic E-state index is 0.0124. The quantitative estimate of drug-likeness (QED) is 0.851. The summed E-state index contributed by atoms with van der Waals surface area (Å²) in [6.07, 6.45) is 1.07. The molecule has 0 unspecified atom stereocenters. The van der Waals surface area contributed by atoms with Gasteiger partial charge in [0.2, 0.25) is 0 Å². The molecule has 96 valence electrons. The zero-order valence-electron chi connectivity index (χ0n) is 11.6. The third-order valence-electron chi connectivity index (χ3n) is 2.25. The molecular weight excluding hydrogens is 278 g/mol. The van der Waals surface area contributed by atoms with E-state index in [1.165, 1.54) is 0 Å². The Hall–Kier alpha value is -0.640. The molecule has 0 radical (unpaired) electrons. The summed E-state index contributed by atoms with van der Waals surface area (Å²) in [6, 6.07) is 1.91. The number of anilines is 1. The molecular formula is C13H22BrN3. The van der Waals surface area contributed by atoms with Crippen LogP contribution >= 0.6 is 15.9 Å². The maximum absolute atomic E-state index is 4.40. The molecule has 0 amide bonds. The van der Waals surface area contributed by atoms with E-state index in [1.54, 1.807) is 0 Å². The molecule has 4 heteroatoms. The van der Waals surface area contributed by atoms with E-state index in [0.717, 1.165) is 22.7 Å². The van der Waals surface area contributed by atoms with Crippen molar-refractivity contribution in [3.63, 3.8) is 0 Å². The highest BCUT2D eigenvalue weighted by Gasteiger charge is 2.25. The van der Waals surface area contributed by atoms with Gasteiger partial charge in [0.15, 0.2) is 0 Å². The molecule has 0 fully saturated rings. The summed E-state index contributed by atoms with van der Waals surface area (Å²) in [5, 5.41) is 3.48. The molecule has 0 aliphatic carbocycles. The normalized spacial score (nSPS) is 12.6. The van der Waals surface area contributed by atoms with Crippen LogP contribution in [0.5, 0.6) is 0 Å². The van der Waals surface area contributed by atoms with E-state index in [-0.39, 0.29) is 11.0 Å². The average Bonchev–Trinajstić information content (AvgIpc) is 1.93.